The molecule has 1 aliphatic rings. The Morgan fingerprint density at radius 1 is 1.44 bits per heavy atom. The summed E-state index contributed by atoms with van der Waals surface area (Å²) >= 11 is 2.87. The minimum atomic E-state index is -0.329. The van der Waals surface area contributed by atoms with Crippen molar-refractivity contribution < 1.29 is 4.79 Å². The summed E-state index contributed by atoms with van der Waals surface area (Å²) in [6.07, 6.45) is 1.86. The van der Waals surface area contributed by atoms with Gasteiger partial charge >= 0.3 is 0 Å². The van der Waals surface area contributed by atoms with Gasteiger partial charge in [-0.05, 0) is 18.4 Å². The van der Waals surface area contributed by atoms with Crippen molar-refractivity contribution in [1.29, 1.82) is 5.26 Å². The number of para-hydroxylation sites is 1. The molecule has 0 atom stereocenters. The van der Waals surface area contributed by atoms with E-state index < -0.39 is 0 Å². The highest BCUT2D eigenvalue weighted by Gasteiger charge is 2.21. The topological polar surface area (TPSA) is 52.9 Å². The Morgan fingerprint density at radius 2 is 2.19 bits per heavy atom. The number of hydrogen-bond donors (Lipinski definition) is 1. The van der Waals surface area contributed by atoms with Crippen LogP contribution in [0.15, 0.2) is 39.0 Å². The number of hydrogen-bond acceptors (Lipinski definition) is 4. The van der Waals surface area contributed by atoms with E-state index in [4.69, 9.17) is 5.26 Å². The van der Waals surface area contributed by atoms with Gasteiger partial charge in [0.2, 0.25) is 0 Å². The molecule has 0 aromatic heterocycles. The first-order valence-corrected chi connectivity index (χ1v) is 6.57. The quantitative estimate of drug-likeness (QED) is 0.830. The number of benzene rings is 1. The lowest BCUT2D eigenvalue weighted by molar-refractivity contribution is -0.112. The molecule has 2 rings (SSSR count). The predicted octanol–water partition coefficient (Wildman–Crippen LogP) is 2.83. The van der Waals surface area contributed by atoms with E-state index in [9.17, 15) is 4.79 Å². The van der Waals surface area contributed by atoms with Crippen LogP contribution in [0.3, 0.4) is 0 Å². The van der Waals surface area contributed by atoms with Gasteiger partial charge in [0.15, 0.2) is 0 Å². The van der Waals surface area contributed by atoms with Crippen LogP contribution in [0.1, 0.15) is 0 Å². The molecule has 0 spiro atoms. The molecule has 80 valence electrons. The molecule has 1 aromatic rings. The van der Waals surface area contributed by atoms with Crippen LogP contribution in [0.5, 0.6) is 0 Å². The summed E-state index contributed by atoms with van der Waals surface area (Å²) in [6, 6.07) is 9.48. The Labute approximate surface area is 102 Å². The number of carbonyl (C=O) groups excluding carboxylic acids is 1. The van der Waals surface area contributed by atoms with Gasteiger partial charge in [-0.2, -0.15) is 5.26 Å². The van der Waals surface area contributed by atoms with Gasteiger partial charge in [0.05, 0.1) is 9.92 Å². The summed E-state index contributed by atoms with van der Waals surface area (Å²) in [6.45, 7) is 0. The van der Waals surface area contributed by atoms with E-state index >= 15 is 0 Å². The van der Waals surface area contributed by atoms with Crippen LogP contribution in [-0.2, 0) is 4.79 Å². The van der Waals surface area contributed by atoms with Gasteiger partial charge in [-0.25, -0.2) is 0 Å². The van der Waals surface area contributed by atoms with Crippen molar-refractivity contribution in [3.63, 3.8) is 0 Å². The monoisotopic (exact) mass is 248 g/mol. The van der Waals surface area contributed by atoms with E-state index in [-0.39, 0.29) is 11.5 Å². The zero-order valence-corrected chi connectivity index (χ0v) is 10.1. The minimum Gasteiger partial charge on any atom is -0.320 e. The SMILES string of the molecule is CSC1=C(C#N)C(=O)Nc2ccccc2S1. The standard InChI is InChI=1S/C11H8N2OS2/c1-15-11-7(6-12)10(14)13-8-4-2-3-5-9(8)16-11/h2-5H,1H3,(H,13,14). The fraction of sp³-hybridized carbons (Fsp3) is 0.0909. The number of carbonyl (C=O) groups is 1. The Morgan fingerprint density at radius 3 is 2.88 bits per heavy atom. The highest BCUT2D eigenvalue weighted by molar-refractivity contribution is 8.22. The number of nitriles is 1. The van der Waals surface area contributed by atoms with Gasteiger partial charge in [-0.1, -0.05) is 23.9 Å². The summed E-state index contributed by atoms with van der Waals surface area (Å²) in [5.41, 5.74) is 0.947. The smallest absolute Gasteiger partial charge is 0.268 e. The Kier molecular flexibility index (Phi) is 3.22. The molecule has 5 heteroatoms. The maximum Gasteiger partial charge on any atom is 0.268 e. The molecular weight excluding hydrogens is 240 g/mol. The van der Waals surface area contributed by atoms with Crippen molar-refractivity contribution in [2.24, 2.45) is 0 Å². The van der Waals surface area contributed by atoms with Crippen LogP contribution >= 0.6 is 23.5 Å². The average molecular weight is 248 g/mol. The lowest BCUT2D eigenvalue weighted by atomic mass is 10.3. The molecule has 1 amide bonds. The Bertz CT molecular complexity index is 517. The van der Waals surface area contributed by atoms with Crippen LogP contribution in [0.4, 0.5) is 5.69 Å². The third-order valence-corrected chi connectivity index (χ3v) is 4.36. The van der Waals surface area contributed by atoms with Gasteiger partial charge in [0.1, 0.15) is 11.6 Å². The van der Waals surface area contributed by atoms with Crippen molar-refractivity contribution in [2.75, 3.05) is 11.6 Å². The second kappa shape index (κ2) is 4.64. The molecule has 0 aliphatic carbocycles. The lowest BCUT2D eigenvalue weighted by Crippen LogP contribution is -2.13. The molecule has 0 unspecified atom stereocenters. The Balaban J connectivity index is 2.52. The number of fused-ring (bicyclic) bond motifs is 1. The second-order valence-corrected chi connectivity index (χ2v) is 5.16. The second-order valence-electron chi connectivity index (χ2n) is 3.03. The van der Waals surface area contributed by atoms with Crippen molar-refractivity contribution >= 4 is 35.1 Å². The highest BCUT2D eigenvalue weighted by Crippen LogP contribution is 2.41. The number of rotatable bonds is 1. The first-order valence-electron chi connectivity index (χ1n) is 4.53. The van der Waals surface area contributed by atoms with Crippen LogP contribution < -0.4 is 5.32 Å². The normalized spacial score (nSPS) is 14.9. The van der Waals surface area contributed by atoms with Crippen molar-refractivity contribution in [3.05, 3.63) is 34.1 Å². The first-order chi connectivity index (χ1) is 7.76. The summed E-state index contributed by atoms with van der Waals surface area (Å²) in [7, 11) is 0. The highest BCUT2D eigenvalue weighted by atomic mass is 32.2. The van der Waals surface area contributed by atoms with E-state index in [0.29, 0.717) is 0 Å². The lowest BCUT2D eigenvalue weighted by Gasteiger charge is -2.04. The minimum absolute atomic E-state index is 0.189. The van der Waals surface area contributed by atoms with E-state index in [1.165, 1.54) is 23.5 Å². The maximum absolute atomic E-state index is 11.8. The van der Waals surface area contributed by atoms with E-state index in [1.807, 2.05) is 36.6 Å². The van der Waals surface area contributed by atoms with Crippen molar-refractivity contribution in [3.8, 4) is 6.07 Å². The molecule has 0 fully saturated rings. The molecule has 0 radical (unpaired) electrons. The number of amides is 1. The van der Waals surface area contributed by atoms with Gasteiger partial charge in [0.25, 0.3) is 5.91 Å². The summed E-state index contributed by atoms with van der Waals surface area (Å²) < 4.78 is 0.741. The first kappa shape index (κ1) is 11.1. The van der Waals surface area contributed by atoms with Gasteiger partial charge in [-0.15, -0.1) is 11.8 Å². The molecule has 1 aromatic carbocycles. The Hall–Kier alpha value is -1.38. The van der Waals surface area contributed by atoms with E-state index in [1.54, 1.807) is 0 Å². The summed E-state index contributed by atoms with van der Waals surface area (Å²) in [4.78, 5) is 12.7. The predicted molar refractivity (Wildman–Crippen MR) is 67.1 cm³/mol. The van der Waals surface area contributed by atoms with Crippen LogP contribution in [0, 0.1) is 11.3 Å². The summed E-state index contributed by atoms with van der Waals surface area (Å²) in [5.74, 6) is -0.329. The molecule has 0 bridgehead atoms. The number of nitrogens with zero attached hydrogens (tertiary/aromatic N) is 1. The molecule has 1 heterocycles. The molecule has 16 heavy (non-hydrogen) atoms. The third-order valence-electron chi connectivity index (χ3n) is 2.07. The molecule has 1 N–H and O–H groups in total. The molecule has 1 aliphatic heterocycles. The molecule has 0 saturated carbocycles. The third kappa shape index (κ3) is 1.94. The fourth-order valence-electron chi connectivity index (χ4n) is 1.33. The summed E-state index contributed by atoms with van der Waals surface area (Å²) in [5, 5.41) is 11.7. The van der Waals surface area contributed by atoms with Crippen LogP contribution in [0.2, 0.25) is 0 Å². The average Bonchev–Trinajstić information content (AvgIpc) is 2.44. The number of thioether (sulfide) groups is 2. The number of anilines is 1. The van der Waals surface area contributed by atoms with Gasteiger partial charge in [-0.3, -0.25) is 4.79 Å². The van der Waals surface area contributed by atoms with Gasteiger partial charge in [0, 0.05) is 4.90 Å². The van der Waals surface area contributed by atoms with Crippen molar-refractivity contribution in [1.82, 2.24) is 0 Å². The molecular formula is C11H8N2OS2. The van der Waals surface area contributed by atoms with Crippen molar-refractivity contribution in [2.45, 2.75) is 4.90 Å². The maximum atomic E-state index is 11.8. The number of nitrogens with one attached hydrogen (secondary N) is 1. The zero-order valence-electron chi connectivity index (χ0n) is 8.48. The zero-order chi connectivity index (χ0) is 11.5. The van der Waals surface area contributed by atoms with E-state index in [2.05, 4.69) is 5.32 Å². The van der Waals surface area contributed by atoms with Crippen LogP contribution in [-0.4, -0.2) is 12.2 Å². The molecule has 3 nitrogen and oxygen atoms in total. The van der Waals surface area contributed by atoms with E-state index in [0.717, 1.165) is 14.8 Å². The molecule has 0 saturated heterocycles. The fourth-order valence-corrected chi connectivity index (χ4v) is 3.09. The van der Waals surface area contributed by atoms with Crippen LogP contribution in [0.25, 0.3) is 0 Å². The van der Waals surface area contributed by atoms with Gasteiger partial charge < -0.3 is 5.32 Å². The largest absolute Gasteiger partial charge is 0.320 e.